The van der Waals surface area contributed by atoms with Crippen LogP contribution in [0.2, 0.25) is 0 Å². The maximum atomic E-state index is 14.4. The van der Waals surface area contributed by atoms with Crippen LogP contribution in [0, 0.1) is 35.3 Å². The summed E-state index contributed by atoms with van der Waals surface area (Å²) in [6.45, 7) is 5.41. The molecule has 2 saturated carbocycles. The first-order valence-corrected chi connectivity index (χ1v) is 12.3. The molecule has 0 unspecified atom stereocenters. The van der Waals surface area contributed by atoms with Crippen molar-refractivity contribution in [3.8, 4) is 5.75 Å². The fourth-order valence-electron chi connectivity index (χ4n) is 5.51. The Balaban J connectivity index is 1.41. The van der Waals surface area contributed by atoms with Crippen molar-refractivity contribution in [3.63, 3.8) is 0 Å². The van der Waals surface area contributed by atoms with E-state index < -0.39 is 11.6 Å². The molecule has 30 heavy (non-hydrogen) atoms. The highest BCUT2D eigenvalue weighted by Crippen LogP contribution is 2.42. The normalized spacial score (nSPS) is 27.2. The Morgan fingerprint density at radius 1 is 0.800 bits per heavy atom. The Labute approximate surface area is 181 Å². The van der Waals surface area contributed by atoms with E-state index in [1.54, 1.807) is 12.1 Å². The van der Waals surface area contributed by atoms with Crippen LogP contribution >= 0.6 is 0 Å². The number of ether oxygens (including phenoxy) is 2. The third-order valence-corrected chi connectivity index (χ3v) is 7.35. The highest BCUT2D eigenvalue weighted by molar-refractivity contribution is 5.30. The van der Waals surface area contributed by atoms with Crippen LogP contribution in [0.4, 0.5) is 8.78 Å². The molecule has 2 aliphatic rings. The Morgan fingerprint density at radius 2 is 1.43 bits per heavy atom. The minimum absolute atomic E-state index is 0.0307. The fourth-order valence-corrected chi connectivity index (χ4v) is 5.51. The van der Waals surface area contributed by atoms with E-state index in [1.165, 1.54) is 51.4 Å². The van der Waals surface area contributed by atoms with Gasteiger partial charge in [0.1, 0.15) is 0 Å². The second-order valence-corrected chi connectivity index (χ2v) is 9.56. The first-order chi connectivity index (χ1) is 14.6. The Bertz CT molecular complexity index is 632. The Kier molecular flexibility index (Phi) is 9.42. The molecule has 0 aromatic heterocycles. The molecule has 1 aromatic rings. The van der Waals surface area contributed by atoms with Gasteiger partial charge in [-0.05, 0) is 80.8 Å². The van der Waals surface area contributed by atoms with Crippen LogP contribution in [-0.4, -0.2) is 13.2 Å². The van der Waals surface area contributed by atoms with Crippen LogP contribution in [0.15, 0.2) is 12.1 Å². The summed E-state index contributed by atoms with van der Waals surface area (Å²) in [7, 11) is 0. The number of halogens is 2. The van der Waals surface area contributed by atoms with Gasteiger partial charge < -0.3 is 9.47 Å². The van der Waals surface area contributed by atoms with E-state index in [0.29, 0.717) is 19.1 Å². The lowest BCUT2D eigenvalue weighted by Gasteiger charge is -2.37. The smallest absolute Gasteiger partial charge is 0.200 e. The van der Waals surface area contributed by atoms with Crippen molar-refractivity contribution in [1.29, 1.82) is 0 Å². The van der Waals surface area contributed by atoms with Crippen molar-refractivity contribution in [2.24, 2.45) is 23.7 Å². The van der Waals surface area contributed by atoms with Crippen LogP contribution in [0.3, 0.4) is 0 Å². The zero-order valence-electron chi connectivity index (χ0n) is 18.9. The van der Waals surface area contributed by atoms with Crippen molar-refractivity contribution < 1.29 is 18.3 Å². The van der Waals surface area contributed by atoms with Gasteiger partial charge in [-0.3, -0.25) is 0 Å². The van der Waals surface area contributed by atoms with Crippen LogP contribution in [-0.2, 0) is 11.3 Å². The molecule has 0 heterocycles. The standard InChI is InChI=1S/C26H40F2O2/c1-3-5-19-6-10-21(11-7-19)22-12-8-20(9-13-22)17-30-24-15-14-23(18-29-16-4-2)25(27)26(24)28/h14-15,19-22H,3-13,16-18H2,1-2H3. The van der Waals surface area contributed by atoms with Gasteiger partial charge in [0.05, 0.1) is 13.2 Å². The summed E-state index contributed by atoms with van der Waals surface area (Å²) in [5.74, 6) is 1.50. The zero-order valence-corrected chi connectivity index (χ0v) is 18.9. The summed E-state index contributed by atoms with van der Waals surface area (Å²) in [6, 6.07) is 3.12. The molecule has 1 aromatic carbocycles. The van der Waals surface area contributed by atoms with Gasteiger partial charge in [0.15, 0.2) is 11.6 Å². The minimum atomic E-state index is -0.884. The lowest BCUT2D eigenvalue weighted by atomic mass is 9.69. The molecule has 2 nitrogen and oxygen atoms in total. The summed E-state index contributed by atoms with van der Waals surface area (Å²) in [4.78, 5) is 0. The summed E-state index contributed by atoms with van der Waals surface area (Å²) in [5.41, 5.74) is 0.252. The molecular weight excluding hydrogens is 382 g/mol. The van der Waals surface area contributed by atoms with Crippen LogP contribution in [0.1, 0.15) is 90.0 Å². The number of hydrogen-bond acceptors (Lipinski definition) is 2. The number of hydrogen-bond donors (Lipinski definition) is 0. The summed E-state index contributed by atoms with van der Waals surface area (Å²) in [6.07, 6.45) is 14.1. The van der Waals surface area contributed by atoms with E-state index in [4.69, 9.17) is 9.47 Å². The number of rotatable bonds is 10. The summed E-state index contributed by atoms with van der Waals surface area (Å²) in [5, 5.41) is 0. The van der Waals surface area contributed by atoms with E-state index in [2.05, 4.69) is 6.92 Å². The molecule has 0 amide bonds. The van der Waals surface area contributed by atoms with E-state index in [9.17, 15) is 8.78 Å². The lowest BCUT2D eigenvalue weighted by molar-refractivity contribution is 0.116. The van der Waals surface area contributed by atoms with Gasteiger partial charge in [-0.1, -0.05) is 39.5 Å². The SMILES string of the molecule is CCCOCc1ccc(OCC2CCC(C3CCC(CCC)CC3)CC2)c(F)c1F. The molecular formula is C26H40F2O2. The van der Waals surface area contributed by atoms with Gasteiger partial charge in [0, 0.05) is 12.2 Å². The Hall–Kier alpha value is -1.16. The van der Waals surface area contributed by atoms with E-state index in [0.717, 1.165) is 37.0 Å². The molecule has 170 valence electrons. The average Bonchev–Trinajstić information content (AvgIpc) is 2.77. The molecule has 0 radical (unpaired) electrons. The van der Waals surface area contributed by atoms with Gasteiger partial charge >= 0.3 is 0 Å². The molecule has 0 atom stereocenters. The van der Waals surface area contributed by atoms with Gasteiger partial charge in [-0.2, -0.15) is 4.39 Å². The third kappa shape index (κ3) is 6.42. The molecule has 0 spiro atoms. The van der Waals surface area contributed by atoms with Gasteiger partial charge in [0.2, 0.25) is 5.82 Å². The highest BCUT2D eigenvalue weighted by atomic mass is 19.2. The van der Waals surface area contributed by atoms with E-state index in [1.807, 2.05) is 6.92 Å². The predicted octanol–water partition coefficient (Wildman–Crippen LogP) is 7.68. The fraction of sp³-hybridized carbons (Fsp3) is 0.769. The maximum absolute atomic E-state index is 14.4. The summed E-state index contributed by atoms with van der Waals surface area (Å²) >= 11 is 0. The Morgan fingerprint density at radius 3 is 2.03 bits per heavy atom. The quantitative estimate of drug-likeness (QED) is 0.360. The minimum Gasteiger partial charge on any atom is -0.490 e. The second kappa shape index (κ2) is 12.0. The van der Waals surface area contributed by atoms with Gasteiger partial charge in [-0.15, -0.1) is 0 Å². The molecule has 0 saturated heterocycles. The second-order valence-electron chi connectivity index (χ2n) is 9.56. The van der Waals surface area contributed by atoms with E-state index >= 15 is 0 Å². The van der Waals surface area contributed by atoms with Crippen LogP contribution in [0.5, 0.6) is 5.75 Å². The van der Waals surface area contributed by atoms with Crippen molar-refractivity contribution in [1.82, 2.24) is 0 Å². The van der Waals surface area contributed by atoms with Crippen molar-refractivity contribution in [2.45, 2.75) is 91.1 Å². The van der Waals surface area contributed by atoms with Crippen molar-refractivity contribution in [2.75, 3.05) is 13.2 Å². The summed E-state index contributed by atoms with van der Waals surface area (Å²) < 4.78 is 39.6. The van der Waals surface area contributed by atoms with Crippen LogP contribution in [0.25, 0.3) is 0 Å². The third-order valence-electron chi connectivity index (χ3n) is 7.35. The first kappa shape index (κ1) is 23.5. The predicted molar refractivity (Wildman–Crippen MR) is 118 cm³/mol. The maximum Gasteiger partial charge on any atom is 0.200 e. The monoisotopic (exact) mass is 422 g/mol. The average molecular weight is 423 g/mol. The molecule has 0 aliphatic heterocycles. The van der Waals surface area contributed by atoms with E-state index in [-0.39, 0.29) is 17.9 Å². The number of benzene rings is 1. The zero-order chi connectivity index (χ0) is 21.3. The highest BCUT2D eigenvalue weighted by Gasteiger charge is 2.31. The van der Waals surface area contributed by atoms with Crippen LogP contribution < -0.4 is 4.74 Å². The van der Waals surface area contributed by atoms with Gasteiger partial charge in [-0.25, -0.2) is 4.39 Å². The molecule has 3 rings (SSSR count). The van der Waals surface area contributed by atoms with Crippen molar-refractivity contribution >= 4 is 0 Å². The molecule has 0 bridgehead atoms. The first-order valence-electron chi connectivity index (χ1n) is 12.3. The largest absolute Gasteiger partial charge is 0.490 e. The van der Waals surface area contributed by atoms with Crippen molar-refractivity contribution in [3.05, 3.63) is 29.3 Å². The molecule has 2 fully saturated rings. The molecule has 2 aliphatic carbocycles. The molecule has 0 N–H and O–H groups in total. The molecule has 4 heteroatoms. The van der Waals surface area contributed by atoms with Gasteiger partial charge in [0.25, 0.3) is 0 Å². The lowest BCUT2D eigenvalue weighted by Crippen LogP contribution is -2.27. The topological polar surface area (TPSA) is 18.5 Å².